The number of aromatic nitrogens is 2. The van der Waals surface area contributed by atoms with Gasteiger partial charge in [0.05, 0.1) is 23.7 Å². The molecule has 4 rings (SSSR count). The number of nitrogens with zero attached hydrogens (tertiary/aromatic N) is 3. The Hall–Kier alpha value is -2.73. The fraction of sp³-hybridized carbons (Fsp3) is 0.435. The van der Waals surface area contributed by atoms with Crippen molar-refractivity contribution in [3.8, 4) is 22.9 Å². The molecule has 1 fully saturated rings. The number of phenols is 1. The van der Waals surface area contributed by atoms with E-state index in [0.29, 0.717) is 17.1 Å². The lowest BCUT2D eigenvalue weighted by Gasteiger charge is -2.34. The van der Waals surface area contributed by atoms with Crippen molar-refractivity contribution in [3.05, 3.63) is 35.9 Å². The molecule has 1 saturated heterocycles. The third kappa shape index (κ3) is 3.77. The highest BCUT2D eigenvalue weighted by atomic mass is 16.5. The second-order valence-corrected chi connectivity index (χ2v) is 8.90. The average Bonchev–Trinajstić information content (AvgIpc) is 3.10. The molecule has 29 heavy (non-hydrogen) atoms. The number of nitrogens with one attached hydrogen (secondary N) is 1. The molecule has 1 aliphatic rings. The number of hydrogen-bond acceptors (Lipinski definition) is 5. The van der Waals surface area contributed by atoms with E-state index < -0.39 is 0 Å². The summed E-state index contributed by atoms with van der Waals surface area (Å²) in [6.45, 7) is 10.6. The van der Waals surface area contributed by atoms with Gasteiger partial charge in [0.2, 0.25) is 0 Å². The summed E-state index contributed by atoms with van der Waals surface area (Å²) in [4.78, 5) is 12.9. The number of aromatic amines is 1. The van der Waals surface area contributed by atoms with E-state index in [4.69, 9.17) is 9.72 Å². The zero-order valence-corrected chi connectivity index (χ0v) is 17.9. The van der Waals surface area contributed by atoms with Crippen LogP contribution in [0.25, 0.3) is 22.4 Å². The molecule has 0 aliphatic carbocycles. The van der Waals surface area contributed by atoms with E-state index in [9.17, 15) is 5.11 Å². The molecule has 154 valence electrons. The Labute approximate surface area is 172 Å². The molecule has 0 radical (unpaired) electrons. The zero-order valence-electron chi connectivity index (χ0n) is 17.9. The van der Waals surface area contributed by atoms with Gasteiger partial charge in [0.1, 0.15) is 17.3 Å². The number of rotatable bonds is 3. The minimum Gasteiger partial charge on any atom is -0.507 e. The summed E-state index contributed by atoms with van der Waals surface area (Å²) >= 11 is 0. The highest BCUT2D eigenvalue weighted by molar-refractivity contribution is 5.84. The van der Waals surface area contributed by atoms with E-state index >= 15 is 0 Å². The number of aromatic hydroxyl groups is 1. The van der Waals surface area contributed by atoms with Crippen molar-refractivity contribution >= 4 is 16.7 Å². The number of ether oxygens (including phenoxy) is 1. The predicted octanol–water partition coefficient (Wildman–Crippen LogP) is 3.99. The topological polar surface area (TPSA) is 64.6 Å². The van der Waals surface area contributed by atoms with E-state index in [1.165, 1.54) is 5.69 Å². The lowest BCUT2D eigenvalue weighted by Crippen LogP contribution is -2.44. The SMILES string of the molecule is COc1cc(O)c(-c2nc3ccc(N4CCN(C)CC4)cc3[nH]2)cc1C(C)(C)C. The molecule has 0 atom stereocenters. The van der Waals surface area contributed by atoms with Gasteiger partial charge in [-0.1, -0.05) is 20.8 Å². The number of anilines is 1. The highest BCUT2D eigenvalue weighted by Gasteiger charge is 2.23. The molecule has 0 bridgehead atoms. The van der Waals surface area contributed by atoms with Crippen molar-refractivity contribution in [3.63, 3.8) is 0 Å². The number of piperazine rings is 1. The van der Waals surface area contributed by atoms with E-state index in [2.05, 4.69) is 54.7 Å². The molecule has 1 aliphatic heterocycles. The van der Waals surface area contributed by atoms with E-state index in [-0.39, 0.29) is 11.2 Å². The Morgan fingerprint density at radius 3 is 2.45 bits per heavy atom. The lowest BCUT2D eigenvalue weighted by molar-refractivity contribution is 0.313. The molecule has 0 saturated carbocycles. The van der Waals surface area contributed by atoms with Crippen LogP contribution in [0.4, 0.5) is 5.69 Å². The van der Waals surface area contributed by atoms with Crippen LogP contribution in [0.3, 0.4) is 0 Å². The molecule has 0 unspecified atom stereocenters. The molecule has 6 nitrogen and oxygen atoms in total. The Bertz CT molecular complexity index is 1030. The van der Waals surface area contributed by atoms with Crippen molar-refractivity contribution < 1.29 is 9.84 Å². The molecular weight excluding hydrogens is 364 g/mol. The standard InChI is InChI=1S/C23H30N4O2/c1-23(2,3)17-13-16(20(28)14-21(17)29-5)22-24-18-7-6-15(12-19(18)25-22)27-10-8-26(4)9-11-27/h6-7,12-14,28H,8-11H2,1-5H3,(H,24,25). The van der Waals surface area contributed by atoms with Gasteiger partial charge in [-0.2, -0.15) is 0 Å². The summed E-state index contributed by atoms with van der Waals surface area (Å²) in [6, 6.07) is 10.00. The van der Waals surface area contributed by atoms with Crippen LogP contribution in [0.1, 0.15) is 26.3 Å². The van der Waals surface area contributed by atoms with E-state index in [0.717, 1.165) is 42.8 Å². The highest BCUT2D eigenvalue weighted by Crippen LogP contribution is 2.40. The number of H-pyrrole nitrogens is 1. The third-order valence-electron chi connectivity index (χ3n) is 5.71. The summed E-state index contributed by atoms with van der Waals surface area (Å²) in [7, 11) is 3.79. The first-order chi connectivity index (χ1) is 13.8. The van der Waals surface area contributed by atoms with Crippen molar-refractivity contribution in [1.82, 2.24) is 14.9 Å². The summed E-state index contributed by atoms with van der Waals surface area (Å²) in [5.41, 5.74) is 4.68. The zero-order chi connectivity index (χ0) is 20.8. The molecule has 6 heteroatoms. The molecular formula is C23H30N4O2. The first-order valence-corrected chi connectivity index (χ1v) is 10.1. The smallest absolute Gasteiger partial charge is 0.142 e. The van der Waals surface area contributed by atoms with Gasteiger partial charge < -0.3 is 24.6 Å². The number of benzene rings is 2. The maximum Gasteiger partial charge on any atom is 0.142 e. The van der Waals surface area contributed by atoms with Crippen LogP contribution in [-0.4, -0.2) is 60.3 Å². The van der Waals surface area contributed by atoms with Crippen molar-refractivity contribution in [1.29, 1.82) is 0 Å². The van der Waals surface area contributed by atoms with E-state index in [1.807, 2.05) is 12.1 Å². The van der Waals surface area contributed by atoms with Crippen LogP contribution in [0.2, 0.25) is 0 Å². The minimum atomic E-state index is -0.117. The maximum absolute atomic E-state index is 10.6. The Kier molecular flexibility index (Phi) is 4.90. The molecule has 2 heterocycles. The normalized spacial score (nSPS) is 15.8. The predicted molar refractivity (Wildman–Crippen MR) is 118 cm³/mol. The van der Waals surface area contributed by atoms with Crippen LogP contribution in [0, 0.1) is 0 Å². The fourth-order valence-corrected chi connectivity index (χ4v) is 3.90. The number of phenolic OH excluding ortho intramolecular Hbond substituents is 1. The monoisotopic (exact) mass is 394 g/mol. The van der Waals surface area contributed by atoms with Crippen LogP contribution in [-0.2, 0) is 5.41 Å². The quantitative estimate of drug-likeness (QED) is 0.703. The maximum atomic E-state index is 10.6. The summed E-state index contributed by atoms with van der Waals surface area (Å²) in [5.74, 6) is 1.52. The Morgan fingerprint density at radius 2 is 1.79 bits per heavy atom. The molecule has 2 aromatic carbocycles. The van der Waals surface area contributed by atoms with Gasteiger partial charge in [0.15, 0.2) is 0 Å². The van der Waals surface area contributed by atoms with Crippen molar-refractivity contribution in [2.45, 2.75) is 26.2 Å². The largest absolute Gasteiger partial charge is 0.507 e. The molecule has 2 N–H and O–H groups in total. The van der Waals surface area contributed by atoms with Crippen LogP contribution >= 0.6 is 0 Å². The number of imidazole rings is 1. The van der Waals surface area contributed by atoms with Gasteiger partial charge in [-0.05, 0) is 36.7 Å². The second-order valence-electron chi connectivity index (χ2n) is 8.90. The van der Waals surface area contributed by atoms with Gasteiger partial charge in [-0.3, -0.25) is 0 Å². The number of hydrogen-bond donors (Lipinski definition) is 2. The minimum absolute atomic E-state index is 0.117. The summed E-state index contributed by atoms with van der Waals surface area (Å²) in [6.07, 6.45) is 0. The molecule has 0 amide bonds. The van der Waals surface area contributed by atoms with Gasteiger partial charge in [0, 0.05) is 43.5 Å². The van der Waals surface area contributed by atoms with Crippen LogP contribution < -0.4 is 9.64 Å². The van der Waals surface area contributed by atoms with Crippen molar-refractivity contribution in [2.24, 2.45) is 0 Å². The molecule has 3 aromatic rings. The van der Waals surface area contributed by atoms with Gasteiger partial charge in [0.25, 0.3) is 0 Å². The Balaban J connectivity index is 1.73. The fourth-order valence-electron chi connectivity index (χ4n) is 3.90. The van der Waals surface area contributed by atoms with E-state index in [1.54, 1.807) is 13.2 Å². The third-order valence-corrected chi connectivity index (χ3v) is 5.71. The first kappa shape index (κ1) is 19.6. The number of methoxy groups -OCH3 is 1. The molecule has 1 aromatic heterocycles. The summed E-state index contributed by atoms with van der Waals surface area (Å²) < 4.78 is 5.49. The van der Waals surface area contributed by atoms with Crippen LogP contribution in [0.15, 0.2) is 30.3 Å². The first-order valence-electron chi connectivity index (χ1n) is 10.1. The van der Waals surface area contributed by atoms with Gasteiger partial charge >= 0.3 is 0 Å². The average molecular weight is 395 g/mol. The summed E-state index contributed by atoms with van der Waals surface area (Å²) in [5, 5.41) is 10.6. The number of likely N-dealkylation sites (N-methyl/N-ethyl adjacent to an activating group) is 1. The Morgan fingerprint density at radius 1 is 1.07 bits per heavy atom. The number of fused-ring (bicyclic) bond motifs is 1. The van der Waals surface area contributed by atoms with Crippen LogP contribution in [0.5, 0.6) is 11.5 Å². The lowest BCUT2D eigenvalue weighted by atomic mass is 9.85. The molecule has 0 spiro atoms. The van der Waals surface area contributed by atoms with Gasteiger partial charge in [-0.15, -0.1) is 0 Å². The van der Waals surface area contributed by atoms with Crippen molar-refractivity contribution in [2.75, 3.05) is 45.2 Å². The second kappa shape index (κ2) is 7.26. The van der Waals surface area contributed by atoms with Gasteiger partial charge in [-0.25, -0.2) is 4.98 Å².